The molecule has 1 heterocycles. The van der Waals surface area contributed by atoms with Gasteiger partial charge >= 0.3 is 11.9 Å². The fourth-order valence-electron chi connectivity index (χ4n) is 2.14. The van der Waals surface area contributed by atoms with Gasteiger partial charge in [-0.25, -0.2) is 12.7 Å². The van der Waals surface area contributed by atoms with Crippen LogP contribution in [0.4, 0.5) is 0 Å². The third kappa shape index (κ3) is 5.09. The summed E-state index contributed by atoms with van der Waals surface area (Å²) in [6.45, 7) is 2.45. The topological polar surface area (TPSA) is 101 Å². The number of hydrogen-bond donors (Lipinski definition) is 1. The second kappa shape index (κ2) is 7.58. The number of esters is 1. The van der Waals surface area contributed by atoms with E-state index in [-0.39, 0.29) is 38.3 Å². The number of hydrogen-bond acceptors (Lipinski definition) is 5. The second-order valence-electron chi connectivity index (χ2n) is 4.74. The van der Waals surface area contributed by atoms with E-state index in [1.165, 1.54) is 4.31 Å². The minimum absolute atomic E-state index is 0.0820. The van der Waals surface area contributed by atoms with E-state index in [4.69, 9.17) is 9.84 Å². The average molecular weight is 307 g/mol. The minimum Gasteiger partial charge on any atom is -0.481 e. The first-order chi connectivity index (χ1) is 9.36. The molecule has 0 spiro atoms. The molecule has 1 aliphatic rings. The van der Waals surface area contributed by atoms with E-state index in [2.05, 4.69) is 0 Å². The molecule has 0 saturated carbocycles. The lowest BCUT2D eigenvalue weighted by atomic mass is 9.99. The molecular formula is C12H21NO6S. The van der Waals surface area contributed by atoms with Crippen molar-refractivity contribution >= 4 is 22.0 Å². The van der Waals surface area contributed by atoms with Gasteiger partial charge in [0.2, 0.25) is 10.0 Å². The van der Waals surface area contributed by atoms with Gasteiger partial charge < -0.3 is 9.84 Å². The minimum atomic E-state index is -3.41. The predicted octanol–water partition coefficient (Wildman–Crippen LogP) is 0.456. The van der Waals surface area contributed by atoms with Gasteiger partial charge in [0.25, 0.3) is 0 Å². The lowest BCUT2D eigenvalue weighted by Crippen LogP contribution is -2.41. The standard InChI is InChI=1S/C12H21NO6S/c1-2-19-11(14)4-3-9-20(17,18)13-7-5-10(6-8-13)12(15)16/h10H,2-9H2,1H3,(H,15,16). The number of rotatable bonds is 7. The van der Waals surface area contributed by atoms with Crippen molar-refractivity contribution in [2.24, 2.45) is 5.92 Å². The SMILES string of the molecule is CCOC(=O)CCCS(=O)(=O)N1CCC(C(=O)O)CC1. The number of ether oxygens (including phenoxy) is 1. The Morgan fingerprint density at radius 1 is 1.30 bits per heavy atom. The van der Waals surface area contributed by atoms with E-state index < -0.39 is 27.9 Å². The van der Waals surface area contributed by atoms with Gasteiger partial charge in [-0.1, -0.05) is 0 Å². The zero-order chi connectivity index (χ0) is 15.2. The molecule has 116 valence electrons. The van der Waals surface area contributed by atoms with Crippen molar-refractivity contribution in [1.82, 2.24) is 4.31 Å². The van der Waals surface area contributed by atoms with Crippen LogP contribution in [0, 0.1) is 5.92 Å². The fourth-order valence-corrected chi connectivity index (χ4v) is 3.68. The van der Waals surface area contributed by atoms with Crippen LogP contribution < -0.4 is 0 Å². The summed E-state index contributed by atoms with van der Waals surface area (Å²) in [5.74, 6) is -1.83. The summed E-state index contributed by atoms with van der Waals surface area (Å²) in [5.41, 5.74) is 0. The van der Waals surface area contributed by atoms with Crippen LogP contribution in [0.2, 0.25) is 0 Å². The fraction of sp³-hybridized carbons (Fsp3) is 0.833. The summed E-state index contributed by atoms with van der Waals surface area (Å²) in [7, 11) is -3.41. The molecule has 1 saturated heterocycles. The first-order valence-electron chi connectivity index (χ1n) is 6.73. The highest BCUT2D eigenvalue weighted by atomic mass is 32.2. The summed E-state index contributed by atoms with van der Waals surface area (Å²) in [4.78, 5) is 21.9. The Bertz CT molecular complexity index is 439. The van der Waals surface area contributed by atoms with Crippen molar-refractivity contribution in [3.05, 3.63) is 0 Å². The molecule has 1 aliphatic heterocycles. The largest absolute Gasteiger partial charge is 0.481 e. The highest BCUT2D eigenvalue weighted by Crippen LogP contribution is 2.20. The van der Waals surface area contributed by atoms with E-state index in [0.717, 1.165) is 0 Å². The van der Waals surface area contributed by atoms with Crippen molar-refractivity contribution in [2.75, 3.05) is 25.4 Å². The Hall–Kier alpha value is -1.15. The first kappa shape index (κ1) is 16.9. The van der Waals surface area contributed by atoms with Gasteiger partial charge in [-0.2, -0.15) is 0 Å². The number of carboxylic acid groups (broad SMARTS) is 1. The Labute approximate surface area is 118 Å². The third-order valence-electron chi connectivity index (χ3n) is 3.29. The lowest BCUT2D eigenvalue weighted by Gasteiger charge is -2.29. The second-order valence-corrected chi connectivity index (χ2v) is 6.82. The van der Waals surface area contributed by atoms with Crippen LogP contribution in [-0.2, 0) is 24.3 Å². The van der Waals surface area contributed by atoms with Gasteiger partial charge in [0.05, 0.1) is 18.3 Å². The Morgan fingerprint density at radius 3 is 2.40 bits per heavy atom. The van der Waals surface area contributed by atoms with Crippen molar-refractivity contribution in [1.29, 1.82) is 0 Å². The quantitative estimate of drug-likeness (QED) is 0.686. The van der Waals surface area contributed by atoms with Crippen molar-refractivity contribution < 1.29 is 27.9 Å². The third-order valence-corrected chi connectivity index (χ3v) is 5.24. The molecule has 0 aromatic rings. The van der Waals surface area contributed by atoms with Crippen molar-refractivity contribution in [3.63, 3.8) is 0 Å². The van der Waals surface area contributed by atoms with E-state index in [1.54, 1.807) is 6.92 Å². The summed E-state index contributed by atoms with van der Waals surface area (Å²) < 4.78 is 30.1. The van der Waals surface area contributed by atoms with E-state index >= 15 is 0 Å². The van der Waals surface area contributed by atoms with Crippen molar-refractivity contribution in [3.8, 4) is 0 Å². The highest BCUT2D eigenvalue weighted by molar-refractivity contribution is 7.89. The number of piperidine rings is 1. The Kier molecular flexibility index (Phi) is 6.41. The number of carbonyl (C=O) groups is 2. The maximum Gasteiger partial charge on any atom is 0.306 e. The van der Waals surface area contributed by atoms with Crippen LogP contribution in [0.3, 0.4) is 0 Å². The van der Waals surface area contributed by atoms with Gasteiger partial charge in [-0.05, 0) is 26.2 Å². The molecule has 0 radical (unpaired) electrons. The Balaban J connectivity index is 2.38. The molecule has 8 heteroatoms. The maximum atomic E-state index is 12.0. The van der Waals surface area contributed by atoms with Crippen molar-refractivity contribution in [2.45, 2.75) is 32.6 Å². The zero-order valence-corrected chi connectivity index (χ0v) is 12.4. The molecule has 1 fully saturated rings. The maximum absolute atomic E-state index is 12.0. The molecule has 0 amide bonds. The number of nitrogens with zero attached hydrogens (tertiary/aromatic N) is 1. The molecule has 1 rings (SSSR count). The molecule has 0 aromatic heterocycles. The van der Waals surface area contributed by atoms with Gasteiger partial charge in [-0.3, -0.25) is 9.59 Å². The summed E-state index contributed by atoms with van der Waals surface area (Å²) >= 11 is 0. The van der Waals surface area contributed by atoms with Gasteiger partial charge in [0.15, 0.2) is 0 Å². The van der Waals surface area contributed by atoms with Gasteiger partial charge in [-0.15, -0.1) is 0 Å². The highest BCUT2D eigenvalue weighted by Gasteiger charge is 2.30. The lowest BCUT2D eigenvalue weighted by molar-refractivity contribution is -0.144. The number of aliphatic carboxylic acids is 1. The summed E-state index contributed by atoms with van der Waals surface area (Å²) in [6, 6.07) is 0. The van der Waals surface area contributed by atoms with Crippen LogP contribution >= 0.6 is 0 Å². The number of sulfonamides is 1. The van der Waals surface area contributed by atoms with Gasteiger partial charge in [0, 0.05) is 19.5 Å². The number of carboxylic acids is 1. The zero-order valence-electron chi connectivity index (χ0n) is 11.6. The molecule has 0 unspecified atom stereocenters. The predicted molar refractivity (Wildman–Crippen MR) is 71.6 cm³/mol. The van der Waals surface area contributed by atoms with E-state index in [0.29, 0.717) is 12.8 Å². The molecular weight excluding hydrogens is 286 g/mol. The molecule has 0 aliphatic carbocycles. The van der Waals surface area contributed by atoms with Crippen LogP contribution in [0.5, 0.6) is 0 Å². The monoisotopic (exact) mass is 307 g/mol. The summed E-state index contributed by atoms with van der Waals surface area (Å²) in [6.07, 6.45) is 0.984. The molecule has 20 heavy (non-hydrogen) atoms. The normalized spacial score (nSPS) is 17.9. The van der Waals surface area contributed by atoms with E-state index in [1.807, 2.05) is 0 Å². The van der Waals surface area contributed by atoms with Crippen LogP contribution in [0.15, 0.2) is 0 Å². The van der Waals surface area contributed by atoms with Crippen LogP contribution in [-0.4, -0.2) is 55.2 Å². The molecule has 1 N–H and O–H groups in total. The molecule has 0 bridgehead atoms. The number of carbonyl (C=O) groups excluding carboxylic acids is 1. The van der Waals surface area contributed by atoms with E-state index in [9.17, 15) is 18.0 Å². The van der Waals surface area contributed by atoms with Gasteiger partial charge in [0.1, 0.15) is 0 Å². The van der Waals surface area contributed by atoms with Crippen LogP contribution in [0.25, 0.3) is 0 Å². The smallest absolute Gasteiger partial charge is 0.306 e. The average Bonchev–Trinajstić information content (AvgIpc) is 2.39. The first-order valence-corrected chi connectivity index (χ1v) is 8.34. The Morgan fingerprint density at radius 2 is 1.90 bits per heavy atom. The molecule has 0 aromatic carbocycles. The van der Waals surface area contributed by atoms with Crippen LogP contribution in [0.1, 0.15) is 32.6 Å². The summed E-state index contributed by atoms with van der Waals surface area (Å²) in [5, 5.41) is 8.86. The molecule has 0 atom stereocenters. The molecule has 7 nitrogen and oxygen atoms in total.